The lowest BCUT2D eigenvalue weighted by Gasteiger charge is -2.09. The van der Waals surface area contributed by atoms with Crippen molar-refractivity contribution in [1.29, 1.82) is 0 Å². The molecule has 0 heterocycles. The number of aryl methyl sites for hydroxylation is 1. The first-order chi connectivity index (χ1) is 7.63. The molecule has 0 radical (unpaired) electrons. The van der Waals surface area contributed by atoms with Crippen molar-refractivity contribution >= 4 is 10.8 Å². The Morgan fingerprint density at radius 3 is 2.50 bits per heavy atom. The molecule has 0 bridgehead atoms. The van der Waals surface area contributed by atoms with Crippen molar-refractivity contribution in [1.82, 2.24) is 5.32 Å². The highest BCUT2D eigenvalue weighted by Crippen LogP contribution is 2.10. The highest BCUT2D eigenvalue weighted by atomic mass is 32.2. The van der Waals surface area contributed by atoms with Crippen molar-refractivity contribution in [3.05, 3.63) is 29.8 Å². The third kappa shape index (κ3) is 4.45. The van der Waals surface area contributed by atoms with Gasteiger partial charge >= 0.3 is 0 Å². The SMILES string of the molecule is CNC(C)CCCS(=O)c1ccc(C)cc1. The zero-order valence-electron chi connectivity index (χ0n) is 10.3. The van der Waals surface area contributed by atoms with Crippen molar-refractivity contribution in [2.24, 2.45) is 0 Å². The van der Waals surface area contributed by atoms with Gasteiger partial charge in [0.2, 0.25) is 0 Å². The van der Waals surface area contributed by atoms with Gasteiger partial charge in [-0.2, -0.15) is 0 Å². The second kappa shape index (κ2) is 6.81. The minimum absolute atomic E-state index is 0.509. The molecule has 0 saturated heterocycles. The molecule has 0 spiro atoms. The first kappa shape index (κ1) is 13.4. The van der Waals surface area contributed by atoms with Gasteiger partial charge in [-0.1, -0.05) is 17.7 Å². The molecule has 0 aromatic heterocycles. The van der Waals surface area contributed by atoms with E-state index in [4.69, 9.17) is 0 Å². The van der Waals surface area contributed by atoms with Crippen molar-refractivity contribution < 1.29 is 4.21 Å². The van der Waals surface area contributed by atoms with E-state index in [9.17, 15) is 4.21 Å². The Morgan fingerprint density at radius 1 is 1.31 bits per heavy atom. The molecular weight excluding hydrogens is 218 g/mol. The van der Waals surface area contributed by atoms with Crippen LogP contribution in [0.1, 0.15) is 25.3 Å². The molecule has 1 N–H and O–H groups in total. The number of rotatable bonds is 6. The minimum Gasteiger partial charge on any atom is -0.317 e. The van der Waals surface area contributed by atoms with Crippen molar-refractivity contribution in [2.45, 2.75) is 37.6 Å². The van der Waals surface area contributed by atoms with Gasteiger partial charge in [0, 0.05) is 16.7 Å². The molecular formula is C13H21NOS. The fourth-order valence-corrected chi connectivity index (χ4v) is 2.58. The van der Waals surface area contributed by atoms with E-state index in [2.05, 4.69) is 12.2 Å². The summed E-state index contributed by atoms with van der Waals surface area (Å²) in [4.78, 5) is 0.947. The molecule has 3 heteroatoms. The Morgan fingerprint density at radius 2 is 1.94 bits per heavy atom. The summed E-state index contributed by atoms with van der Waals surface area (Å²) in [5.74, 6) is 0.759. The fourth-order valence-electron chi connectivity index (χ4n) is 1.47. The quantitative estimate of drug-likeness (QED) is 0.826. The van der Waals surface area contributed by atoms with Crippen LogP contribution in [-0.4, -0.2) is 23.1 Å². The van der Waals surface area contributed by atoms with Crippen LogP contribution in [0.25, 0.3) is 0 Å². The van der Waals surface area contributed by atoms with Crippen LogP contribution >= 0.6 is 0 Å². The molecule has 16 heavy (non-hydrogen) atoms. The number of hydrogen-bond donors (Lipinski definition) is 1. The van der Waals surface area contributed by atoms with Gasteiger partial charge in [-0.05, 0) is 45.9 Å². The average Bonchev–Trinajstić information content (AvgIpc) is 2.29. The lowest BCUT2D eigenvalue weighted by molar-refractivity contribution is 0.557. The van der Waals surface area contributed by atoms with E-state index in [1.807, 2.05) is 38.2 Å². The van der Waals surface area contributed by atoms with Crippen LogP contribution < -0.4 is 5.32 Å². The summed E-state index contributed by atoms with van der Waals surface area (Å²) in [5, 5.41) is 3.19. The van der Waals surface area contributed by atoms with Crippen LogP contribution in [0, 0.1) is 6.92 Å². The molecule has 0 amide bonds. The minimum atomic E-state index is -0.838. The van der Waals surface area contributed by atoms with Crippen LogP contribution in [0.2, 0.25) is 0 Å². The monoisotopic (exact) mass is 239 g/mol. The van der Waals surface area contributed by atoms with Crippen LogP contribution in [0.3, 0.4) is 0 Å². The van der Waals surface area contributed by atoms with Gasteiger partial charge in [0.05, 0.1) is 10.8 Å². The average molecular weight is 239 g/mol. The summed E-state index contributed by atoms with van der Waals surface area (Å²) < 4.78 is 11.9. The van der Waals surface area contributed by atoms with E-state index in [0.29, 0.717) is 6.04 Å². The van der Waals surface area contributed by atoms with Gasteiger partial charge in [-0.3, -0.25) is 4.21 Å². The molecule has 1 rings (SSSR count). The third-order valence-corrected chi connectivity index (χ3v) is 4.20. The molecule has 0 aliphatic rings. The van der Waals surface area contributed by atoms with Crippen LogP contribution in [0.5, 0.6) is 0 Å². The molecule has 2 nitrogen and oxygen atoms in total. The maximum Gasteiger partial charge on any atom is 0.0529 e. The highest BCUT2D eigenvalue weighted by molar-refractivity contribution is 7.85. The molecule has 2 unspecified atom stereocenters. The Hall–Kier alpha value is -0.670. The van der Waals surface area contributed by atoms with Gasteiger partial charge in [0.25, 0.3) is 0 Å². The predicted octanol–water partition coefficient (Wildman–Crippen LogP) is 2.49. The highest BCUT2D eigenvalue weighted by Gasteiger charge is 2.04. The normalized spacial score (nSPS) is 14.7. The fraction of sp³-hybridized carbons (Fsp3) is 0.538. The number of benzene rings is 1. The van der Waals surface area contributed by atoms with Crippen LogP contribution in [0.4, 0.5) is 0 Å². The van der Waals surface area contributed by atoms with Gasteiger partial charge in [0.1, 0.15) is 0 Å². The number of nitrogens with one attached hydrogen (secondary N) is 1. The Bertz CT molecular complexity index is 334. The second-order valence-corrected chi connectivity index (χ2v) is 5.77. The summed E-state index contributed by atoms with van der Waals surface area (Å²) in [6, 6.07) is 8.47. The lowest BCUT2D eigenvalue weighted by atomic mass is 10.2. The van der Waals surface area contributed by atoms with Crippen molar-refractivity contribution in [3.8, 4) is 0 Å². The molecule has 0 saturated carbocycles. The van der Waals surface area contributed by atoms with E-state index in [0.717, 1.165) is 23.5 Å². The summed E-state index contributed by atoms with van der Waals surface area (Å²) in [6.07, 6.45) is 2.08. The van der Waals surface area contributed by atoms with Crippen LogP contribution in [-0.2, 0) is 10.8 Å². The first-order valence-electron chi connectivity index (χ1n) is 5.76. The zero-order valence-corrected chi connectivity index (χ0v) is 11.1. The first-order valence-corrected chi connectivity index (χ1v) is 7.07. The summed E-state index contributed by atoms with van der Waals surface area (Å²) in [5.41, 5.74) is 1.21. The molecule has 0 aliphatic heterocycles. The van der Waals surface area contributed by atoms with Crippen LogP contribution in [0.15, 0.2) is 29.2 Å². The molecule has 90 valence electrons. The third-order valence-electron chi connectivity index (χ3n) is 2.74. The lowest BCUT2D eigenvalue weighted by Crippen LogP contribution is -2.21. The zero-order chi connectivity index (χ0) is 12.0. The number of hydrogen-bond acceptors (Lipinski definition) is 2. The van der Waals surface area contributed by atoms with Crippen molar-refractivity contribution in [2.75, 3.05) is 12.8 Å². The second-order valence-electron chi connectivity index (χ2n) is 4.19. The maximum atomic E-state index is 11.9. The van der Waals surface area contributed by atoms with E-state index in [-0.39, 0.29) is 0 Å². The largest absolute Gasteiger partial charge is 0.317 e. The molecule has 0 fully saturated rings. The molecule has 0 aliphatic carbocycles. The molecule has 2 atom stereocenters. The Kier molecular flexibility index (Phi) is 5.71. The van der Waals surface area contributed by atoms with Gasteiger partial charge in [0.15, 0.2) is 0 Å². The Balaban J connectivity index is 2.38. The molecule has 1 aromatic carbocycles. The topological polar surface area (TPSA) is 29.1 Å². The van der Waals surface area contributed by atoms with E-state index < -0.39 is 10.8 Å². The van der Waals surface area contributed by atoms with E-state index in [1.165, 1.54) is 5.56 Å². The van der Waals surface area contributed by atoms with Crippen molar-refractivity contribution in [3.63, 3.8) is 0 Å². The summed E-state index contributed by atoms with van der Waals surface area (Å²) in [6.45, 7) is 4.19. The van der Waals surface area contributed by atoms with Gasteiger partial charge in [-0.25, -0.2) is 0 Å². The Labute approximate surface area is 101 Å². The summed E-state index contributed by atoms with van der Waals surface area (Å²) in [7, 11) is 1.12. The van der Waals surface area contributed by atoms with E-state index >= 15 is 0 Å². The predicted molar refractivity (Wildman–Crippen MR) is 70.2 cm³/mol. The standard InChI is InChI=1S/C13H21NOS/c1-11-6-8-13(9-7-11)16(15)10-4-5-12(2)14-3/h6-9,12,14H,4-5,10H2,1-3H3. The van der Waals surface area contributed by atoms with Gasteiger partial charge in [-0.15, -0.1) is 0 Å². The smallest absolute Gasteiger partial charge is 0.0529 e. The molecule has 1 aromatic rings. The maximum absolute atomic E-state index is 11.9. The van der Waals surface area contributed by atoms with Gasteiger partial charge < -0.3 is 5.32 Å². The van der Waals surface area contributed by atoms with E-state index in [1.54, 1.807) is 0 Å². The summed E-state index contributed by atoms with van der Waals surface area (Å²) >= 11 is 0.